The summed E-state index contributed by atoms with van der Waals surface area (Å²) in [7, 11) is 0. The van der Waals surface area contributed by atoms with Gasteiger partial charge in [0.25, 0.3) is 0 Å². The van der Waals surface area contributed by atoms with Crippen LogP contribution < -0.4 is 5.73 Å². The molecule has 1 aliphatic rings. The molecule has 2 rings (SSSR count). The first kappa shape index (κ1) is 14.4. The Kier molecular flexibility index (Phi) is 5.75. The van der Waals surface area contributed by atoms with Crippen LogP contribution in [-0.2, 0) is 11.2 Å². The van der Waals surface area contributed by atoms with E-state index in [1.807, 2.05) is 6.92 Å². The van der Waals surface area contributed by atoms with Gasteiger partial charge >= 0.3 is 0 Å². The van der Waals surface area contributed by atoms with Gasteiger partial charge in [-0.25, -0.2) is 0 Å². The maximum absolute atomic E-state index is 6.14. The van der Waals surface area contributed by atoms with E-state index < -0.39 is 0 Å². The molecule has 1 aromatic heterocycles. The zero-order chi connectivity index (χ0) is 13.5. The van der Waals surface area contributed by atoms with Crippen molar-refractivity contribution in [2.75, 3.05) is 32.8 Å². The molecule has 1 aliphatic heterocycles. The highest BCUT2D eigenvalue weighted by Crippen LogP contribution is 2.13. The minimum Gasteiger partial charge on any atom is -0.381 e. The molecule has 0 aliphatic carbocycles. The first-order chi connectivity index (χ1) is 9.29. The molecule has 0 amide bonds. The van der Waals surface area contributed by atoms with E-state index in [2.05, 4.69) is 15.0 Å². The van der Waals surface area contributed by atoms with Crippen LogP contribution in [0.5, 0.6) is 0 Å². The summed E-state index contributed by atoms with van der Waals surface area (Å²) in [4.78, 5) is 6.72. The minimum absolute atomic E-state index is 0.164. The highest BCUT2D eigenvalue weighted by Gasteiger charge is 2.19. The topological polar surface area (TPSA) is 77.4 Å². The van der Waals surface area contributed by atoms with E-state index in [9.17, 15) is 0 Å². The average Bonchev–Trinajstić information content (AvgIpc) is 2.89. The van der Waals surface area contributed by atoms with Crippen molar-refractivity contribution >= 4 is 0 Å². The second-order valence-corrected chi connectivity index (χ2v) is 4.96. The standard InChI is InChI=1S/C13H24N4O2/c1-2-18-9-6-12-15-13(16-19-12)11(14)10-17-7-4-3-5-8-17/h11H,2-10,14H2,1H3. The Bertz CT molecular complexity index is 363. The second-order valence-electron chi connectivity index (χ2n) is 4.96. The van der Waals surface area contributed by atoms with Crippen LogP contribution in [0, 0.1) is 0 Å². The highest BCUT2D eigenvalue weighted by atomic mass is 16.5. The Morgan fingerprint density at radius 2 is 2.16 bits per heavy atom. The quantitative estimate of drug-likeness (QED) is 0.747. The largest absolute Gasteiger partial charge is 0.381 e. The number of likely N-dealkylation sites (tertiary alicyclic amines) is 1. The lowest BCUT2D eigenvalue weighted by molar-refractivity contribution is 0.144. The zero-order valence-corrected chi connectivity index (χ0v) is 11.7. The van der Waals surface area contributed by atoms with Crippen LogP contribution in [0.3, 0.4) is 0 Å². The molecule has 19 heavy (non-hydrogen) atoms. The molecule has 0 spiro atoms. The number of nitrogens with zero attached hydrogens (tertiary/aromatic N) is 3. The third-order valence-corrected chi connectivity index (χ3v) is 3.38. The van der Waals surface area contributed by atoms with Crippen molar-refractivity contribution in [1.29, 1.82) is 0 Å². The van der Waals surface area contributed by atoms with Crippen LogP contribution in [0.2, 0.25) is 0 Å². The summed E-state index contributed by atoms with van der Waals surface area (Å²) >= 11 is 0. The molecule has 0 aromatic carbocycles. The molecule has 108 valence electrons. The molecular formula is C13H24N4O2. The molecule has 6 nitrogen and oxygen atoms in total. The monoisotopic (exact) mass is 268 g/mol. The van der Waals surface area contributed by atoms with Crippen molar-refractivity contribution in [3.05, 3.63) is 11.7 Å². The van der Waals surface area contributed by atoms with Crippen molar-refractivity contribution in [3.8, 4) is 0 Å². The normalized spacial score (nSPS) is 18.6. The zero-order valence-electron chi connectivity index (χ0n) is 11.7. The van der Waals surface area contributed by atoms with Crippen LogP contribution in [0.15, 0.2) is 4.52 Å². The third kappa shape index (κ3) is 4.56. The van der Waals surface area contributed by atoms with Gasteiger partial charge < -0.3 is 19.9 Å². The van der Waals surface area contributed by atoms with Crippen molar-refractivity contribution in [3.63, 3.8) is 0 Å². The summed E-state index contributed by atoms with van der Waals surface area (Å²) in [5.41, 5.74) is 6.14. The first-order valence-corrected chi connectivity index (χ1v) is 7.17. The van der Waals surface area contributed by atoms with Crippen LogP contribution >= 0.6 is 0 Å². The van der Waals surface area contributed by atoms with Crippen molar-refractivity contribution < 1.29 is 9.26 Å². The highest BCUT2D eigenvalue weighted by molar-refractivity contribution is 4.94. The van der Waals surface area contributed by atoms with Crippen LogP contribution in [0.25, 0.3) is 0 Å². The fraction of sp³-hybridized carbons (Fsp3) is 0.846. The lowest BCUT2D eigenvalue weighted by Gasteiger charge is -2.27. The van der Waals surface area contributed by atoms with Gasteiger partial charge in [-0.3, -0.25) is 0 Å². The van der Waals surface area contributed by atoms with E-state index in [1.165, 1.54) is 19.3 Å². The summed E-state index contributed by atoms with van der Waals surface area (Å²) in [5, 5.41) is 3.97. The van der Waals surface area contributed by atoms with Crippen LogP contribution in [-0.4, -0.2) is 47.9 Å². The molecule has 0 bridgehead atoms. The molecule has 2 N–H and O–H groups in total. The molecule has 1 atom stereocenters. The second kappa shape index (κ2) is 7.57. The van der Waals surface area contributed by atoms with Crippen LogP contribution in [0.4, 0.5) is 0 Å². The molecule has 0 saturated carbocycles. The Hall–Kier alpha value is -0.980. The van der Waals surface area contributed by atoms with Gasteiger partial charge in [0, 0.05) is 13.2 Å². The van der Waals surface area contributed by atoms with E-state index >= 15 is 0 Å². The molecule has 1 aromatic rings. The minimum atomic E-state index is -0.164. The third-order valence-electron chi connectivity index (χ3n) is 3.38. The number of aromatic nitrogens is 2. The fourth-order valence-corrected chi connectivity index (χ4v) is 2.33. The van der Waals surface area contributed by atoms with Gasteiger partial charge in [0.1, 0.15) is 0 Å². The summed E-state index contributed by atoms with van der Waals surface area (Å²) < 4.78 is 10.4. The lowest BCUT2D eigenvalue weighted by atomic mass is 10.1. The molecule has 0 radical (unpaired) electrons. The molecule has 1 fully saturated rings. The maximum atomic E-state index is 6.14. The van der Waals surface area contributed by atoms with E-state index in [4.69, 9.17) is 15.0 Å². The smallest absolute Gasteiger partial charge is 0.229 e. The van der Waals surface area contributed by atoms with Gasteiger partial charge in [-0.2, -0.15) is 4.98 Å². The predicted octanol–water partition coefficient (Wildman–Crippen LogP) is 1.13. The van der Waals surface area contributed by atoms with Gasteiger partial charge in [-0.1, -0.05) is 11.6 Å². The Balaban J connectivity index is 1.79. The number of hydrogen-bond donors (Lipinski definition) is 1. The number of piperidine rings is 1. The summed E-state index contributed by atoms with van der Waals surface area (Å²) in [6, 6.07) is -0.164. The lowest BCUT2D eigenvalue weighted by Crippen LogP contribution is -2.36. The molecule has 6 heteroatoms. The number of rotatable bonds is 7. The first-order valence-electron chi connectivity index (χ1n) is 7.17. The van der Waals surface area contributed by atoms with Gasteiger partial charge in [-0.15, -0.1) is 0 Å². The van der Waals surface area contributed by atoms with Crippen LogP contribution in [0.1, 0.15) is 43.9 Å². The summed E-state index contributed by atoms with van der Waals surface area (Å²) in [5.74, 6) is 1.22. The summed E-state index contributed by atoms with van der Waals surface area (Å²) in [6.07, 6.45) is 4.50. The average molecular weight is 268 g/mol. The van der Waals surface area contributed by atoms with Crippen molar-refractivity contribution in [2.24, 2.45) is 5.73 Å². The Morgan fingerprint density at radius 1 is 1.37 bits per heavy atom. The van der Waals surface area contributed by atoms with Gasteiger partial charge in [0.2, 0.25) is 5.89 Å². The van der Waals surface area contributed by atoms with E-state index in [1.54, 1.807) is 0 Å². The van der Waals surface area contributed by atoms with E-state index in [0.29, 0.717) is 31.3 Å². The Morgan fingerprint density at radius 3 is 2.89 bits per heavy atom. The SMILES string of the molecule is CCOCCc1nc(C(N)CN2CCCCC2)no1. The molecule has 2 heterocycles. The van der Waals surface area contributed by atoms with Crippen molar-refractivity contribution in [1.82, 2.24) is 15.0 Å². The Labute approximate surface area is 114 Å². The summed E-state index contributed by atoms with van der Waals surface area (Å²) in [6.45, 7) is 6.35. The van der Waals surface area contributed by atoms with Crippen molar-refractivity contribution in [2.45, 2.75) is 38.6 Å². The van der Waals surface area contributed by atoms with E-state index in [-0.39, 0.29) is 6.04 Å². The number of hydrogen-bond acceptors (Lipinski definition) is 6. The molecular weight excluding hydrogens is 244 g/mol. The van der Waals surface area contributed by atoms with Gasteiger partial charge in [0.05, 0.1) is 19.1 Å². The predicted molar refractivity (Wildman–Crippen MR) is 71.7 cm³/mol. The number of nitrogens with two attached hydrogens (primary N) is 1. The maximum Gasteiger partial charge on any atom is 0.229 e. The van der Waals surface area contributed by atoms with Gasteiger partial charge in [0.15, 0.2) is 5.82 Å². The fourth-order valence-electron chi connectivity index (χ4n) is 2.33. The van der Waals surface area contributed by atoms with Gasteiger partial charge in [-0.05, 0) is 32.9 Å². The molecule has 1 saturated heterocycles. The van der Waals surface area contributed by atoms with E-state index in [0.717, 1.165) is 19.6 Å². The molecule has 1 unspecified atom stereocenters. The number of ether oxygens (including phenoxy) is 1.